The number of pyridine rings is 1. The highest BCUT2D eigenvalue weighted by atomic mass is 35.5. The molecule has 0 aliphatic carbocycles. The lowest BCUT2D eigenvalue weighted by Crippen LogP contribution is -2.05. The van der Waals surface area contributed by atoms with Crippen molar-refractivity contribution in [3.05, 3.63) is 28.8 Å². The zero-order valence-corrected chi connectivity index (χ0v) is 7.73. The second-order valence-corrected chi connectivity index (χ2v) is 2.82. The van der Waals surface area contributed by atoms with Gasteiger partial charge in [0.25, 0.3) is 6.43 Å². The Balaban J connectivity index is 3.33. The van der Waals surface area contributed by atoms with Crippen molar-refractivity contribution in [2.24, 2.45) is 0 Å². The number of rotatable bonds is 3. The largest absolute Gasteiger partial charge is 0.390 e. The van der Waals surface area contributed by atoms with Crippen molar-refractivity contribution in [1.82, 2.24) is 4.98 Å². The fourth-order valence-corrected chi connectivity index (χ4v) is 1.35. The molecule has 0 saturated heterocycles. The smallest absolute Gasteiger partial charge is 0.266 e. The number of hydrogen-bond acceptors (Lipinski definition) is 2. The van der Waals surface area contributed by atoms with E-state index < -0.39 is 24.5 Å². The van der Waals surface area contributed by atoms with Crippen LogP contribution in [-0.2, 0) is 12.5 Å². The van der Waals surface area contributed by atoms with E-state index in [-0.39, 0.29) is 17.1 Å². The van der Waals surface area contributed by atoms with Gasteiger partial charge in [0.15, 0.2) is 0 Å². The Labute approximate surface area is 83.3 Å². The molecule has 1 aromatic heterocycles. The Hall–Kier alpha value is -0.810. The van der Waals surface area contributed by atoms with Crippen LogP contribution in [0.2, 0.25) is 0 Å². The number of aliphatic hydroxyl groups is 1. The molecule has 0 bridgehead atoms. The monoisotopic (exact) mass is 225 g/mol. The topological polar surface area (TPSA) is 33.1 Å². The van der Waals surface area contributed by atoms with Gasteiger partial charge < -0.3 is 5.11 Å². The first kappa shape index (κ1) is 11.3. The van der Waals surface area contributed by atoms with Crippen molar-refractivity contribution in [3.8, 4) is 0 Å². The van der Waals surface area contributed by atoms with E-state index in [1.807, 2.05) is 0 Å². The molecule has 0 fully saturated rings. The van der Waals surface area contributed by atoms with Gasteiger partial charge in [-0.1, -0.05) is 0 Å². The fraction of sp³-hybridized carbons (Fsp3) is 0.375. The third-order valence-corrected chi connectivity index (χ3v) is 1.99. The van der Waals surface area contributed by atoms with Crippen molar-refractivity contribution in [1.29, 1.82) is 0 Å². The van der Waals surface area contributed by atoms with E-state index in [0.717, 1.165) is 6.07 Å². The van der Waals surface area contributed by atoms with Gasteiger partial charge in [-0.2, -0.15) is 4.39 Å². The molecule has 1 heterocycles. The first-order valence-corrected chi connectivity index (χ1v) is 4.26. The Bertz CT molecular complexity index is 307. The average Bonchev–Trinajstić information content (AvgIpc) is 2.15. The molecule has 0 aromatic carbocycles. The van der Waals surface area contributed by atoms with Crippen LogP contribution in [0.15, 0.2) is 6.07 Å². The van der Waals surface area contributed by atoms with Crippen molar-refractivity contribution >= 4 is 11.6 Å². The average molecular weight is 226 g/mol. The summed E-state index contributed by atoms with van der Waals surface area (Å²) in [6.45, 7) is -0.735. The van der Waals surface area contributed by atoms with E-state index in [1.54, 1.807) is 0 Å². The molecule has 0 aliphatic heterocycles. The molecule has 0 saturated carbocycles. The summed E-state index contributed by atoms with van der Waals surface area (Å²) in [7, 11) is 0. The maximum Gasteiger partial charge on any atom is 0.266 e. The van der Waals surface area contributed by atoms with E-state index in [1.165, 1.54) is 0 Å². The Morgan fingerprint density at radius 1 is 1.50 bits per heavy atom. The molecule has 0 spiro atoms. The molecule has 6 heteroatoms. The standard InChI is InChI=1S/C8H7ClF3NO/c9-2-4-1-6(10)13-5(3-14)7(4)8(11)12/h1,8,14H,2-3H2. The first-order valence-electron chi connectivity index (χ1n) is 3.73. The van der Waals surface area contributed by atoms with Crippen LogP contribution >= 0.6 is 11.6 Å². The van der Waals surface area contributed by atoms with Crippen molar-refractivity contribution in [2.45, 2.75) is 18.9 Å². The van der Waals surface area contributed by atoms with Gasteiger partial charge in [0.2, 0.25) is 5.95 Å². The number of halogens is 4. The molecule has 78 valence electrons. The first-order chi connectivity index (χ1) is 6.60. The molecule has 0 amide bonds. The van der Waals surface area contributed by atoms with Crippen LogP contribution < -0.4 is 0 Å². The second kappa shape index (κ2) is 4.61. The summed E-state index contributed by atoms with van der Waals surface area (Å²) in [5, 5.41) is 8.71. The van der Waals surface area contributed by atoms with Crippen LogP contribution in [0.5, 0.6) is 0 Å². The minimum atomic E-state index is -2.82. The molecule has 0 radical (unpaired) electrons. The quantitative estimate of drug-likeness (QED) is 0.633. The van der Waals surface area contributed by atoms with Gasteiger partial charge in [-0.15, -0.1) is 11.6 Å². The fourth-order valence-electron chi connectivity index (χ4n) is 1.13. The molecule has 1 N–H and O–H groups in total. The number of aliphatic hydroxyl groups excluding tert-OH is 1. The van der Waals surface area contributed by atoms with Gasteiger partial charge >= 0.3 is 0 Å². The highest BCUT2D eigenvalue weighted by molar-refractivity contribution is 6.17. The minimum absolute atomic E-state index is 0.0433. The van der Waals surface area contributed by atoms with Crippen LogP contribution in [0.25, 0.3) is 0 Å². The summed E-state index contributed by atoms with van der Waals surface area (Å²) in [6.07, 6.45) is -2.82. The third-order valence-electron chi connectivity index (χ3n) is 1.70. The van der Waals surface area contributed by atoms with Crippen LogP contribution in [0.1, 0.15) is 23.2 Å². The molecule has 0 aliphatic rings. The molecular formula is C8H7ClF3NO. The summed E-state index contributed by atoms with van der Waals surface area (Å²) in [4.78, 5) is 3.17. The van der Waals surface area contributed by atoms with Gasteiger partial charge in [-0.05, 0) is 11.6 Å². The zero-order chi connectivity index (χ0) is 10.7. The Morgan fingerprint density at radius 3 is 2.57 bits per heavy atom. The Morgan fingerprint density at radius 2 is 2.14 bits per heavy atom. The van der Waals surface area contributed by atoms with Gasteiger partial charge in [0.1, 0.15) is 0 Å². The Kier molecular flexibility index (Phi) is 3.71. The zero-order valence-electron chi connectivity index (χ0n) is 6.98. The summed E-state index contributed by atoms with van der Waals surface area (Å²) >= 11 is 5.37. The molecular weight excluding hydrogens is 219 g/mol. The van der Waals surface area contributed by atoms with Crippen LogP contribution in [0, 0.1) is 5.95 Å². The van der Waals surface area contributed by atoms with Crippen LogP contribution in [0.3, 0.4) is 0 Å². The number of aromatic nitrogens is 1. The predicted molar refractivity (Wildman–Crippen MR) is 44.6 cm³/mol. The summed E-state index contributed by atoms with van der Waals surface area (Å²) in [5.74, 6) is -1.17. The summed E-state index contributed by atoms with van der Waals surface area (Å²) in [5.41, 5.74) is -0.891. The van der Waals surface area contributed by atoms with Crippen LogP contribution in [-0.4, -0.2) is 10.1 Å². The highest BCUT2D eigenvalue weighted by Gasteiger charge is 2.19. The summed E-state index contributed by atoms with van der Waals surface area (Å²) < 4.78 is 37.6. The lowest BCUT2D eigenvalue weighted by Gasteiger charge is -2.10. The molecule has 0 atom stereocenters. The van der Waals surface area contributed by atoms with Gasteiger partial charge in [-0.25, -0.2) is 13.8 Å². The number of alkyl halides is 3. The second-order valence-electron chi connectivity index (χ2n) is 2.56. The minimum Gasteiger partial charge on any atom is -0.390 e. The van der Waals surface area contributed by atoms with Crippen molar-refractivity contribution < 1.29 is 18.3 Å². The number of nitrogens with zero attached hydrogens (tertiary/aromatic N) is 1. The van der Waals surface area contributed by atoms with E-state index in [2.05, 4.69) is 4.98 Å². The number of hydrogen-bond donors (Lipinski definition) is 1. The maximum absolute atomic E-state index is 12.7. The van der Waals surface area contributed by atoms with Gasteiger partial charge in [0.05, 0.1) is 12.3 Å². The lowest BCUT2D eigenvalue weighted by atomic mass is 10.1. The predicted octanol–water partition coefficient (Wildman–Crippen LogP) is 2.39. The van der Waals surface area contributed by atoms with Crippen molar-refractivity contribution in [3.63, 3.8) is 0 Å². The molecule has 2 nitrogen and oxygen atoms in total. The van der Waals surface area contributed by atoms with E-state index in [0.29, 0.717) is 0 Å². The van der Waals surface area contributed by atoms with Gasteiger partial charge in [-0.3, -0.25) is 0 Å². The van der Waals surface area contributed by atoms with Crippen LogP contribution in [0.4, 0.5) is 13.2 Å². The van der Waals surface area contributed by atoms with Crippen molar-refractivity contribution in [2.75, 3.05) is 0 Å². The van der Waals surface area contributed by atoms with E-state index in [9.17, 15) is 13.2 Å². The lowest BCUT2D eigenvalue weighted by molar-refractivity contribution is 0.144. The SMILES string of the molecule is OCc1nc(F)cc(CCl)c1C(F)F. The van der Waals surface area contributed by atoms with E-state index in [4.69, 9.17) is 16.7 Å². The maximum atomic E-state index is 12.7. The van der Waals surface area contributed by atoms with E-state index >= 15 is 0 Å². The molecule has 0 unspecified atom stereocenters. The normalized spacial score (nSPS) is 11.0. The molecule has 1 aromatic rings. The highest BCUT2D eigenvalue weighted by Crippen LogP contribution is 2.27. The summed E-state index contributed by atoms with van der Waals surface area (Å²) in [6, 6.07) is 0.841. The van der Waals surface area contributed by atoms with Gasteiger partial charge in [0, 0.05) is 11.4 Å². The third kappa shape index (κ3) is 2.16. The molecule has 14 heavy (non-hydrogen) atoms. The molecule has 1 rings (SSSR count).